The molecule has 3 unspecified atom stereocenters. The second-order valence-electron chi connectivity index (χ2n) is 16.1. The summed E-state index contributed by atoms with van der Waals surface area (Å²) in [7, 11) is 2.58. The summed E-state index contributed by atoms with van der Waals surface area (Å²) in [5, 5.41) is 8.13. The van der Waals surface area contributed by atoms with Gasteiger partial charge in [-0.1, -0.05) is 103 Å². The molecule has 0 aliphatic carbocycles. The van der Waals surface area contributed by atoms with Gasteiger partial charge < -0.3 is 31.6 Å². The molecule has 2 aliphatic heterocycles. The molecule has 0 spiro atoms. The van der Waals surface area contributed by atoms with Crippen molar-refractivity contribution in [2.24, 2.45) is 10.7 Å². The Morgan fingerprint density at radius 2 is 1.37 bits per heavy atom. The van der Waals surface area contributed by atoms with Crippen molar-refractivity contribution in [2.45, 2.75) is 78.4 Å². The number of likely N-dealkylation sites (tertiary alicyclic amines) is 2. The molecule has 3 atom stereocenters. The first-order valence-electron chi connectivity index (χ1n) is 23.2. The summed E-state index contributed by atoms with van der Waals surface area (Å²) < 4.78 is 12.3. The summed E-state index contributed by atoms with van der Waals surface area (Å²) in [6.07, 6.45) is 6.93. The van der Waals surface area contributed by atoms with Gasteiger partial charge in [0.1, 0.15) is 34.4 Å². The molecule has 3 heterocycles. The number of aryl methyl sites for hydroxylation is 2. The number of carbonyl (C=O) groups is 2. The highest BCUT2D eigenvalue weighted by Gasteiger charge is 2.22. The lowest BCUT2D eigenvalue weighted by molar-refractivity contribution is 0.0919. The van der Waals surface area contributed by atoms with Crippen LogP contribution in [-0.4, -0.2) is 98.9 Å². The van der Waals surface area contributed by atoms with Crippen LogP contribution in [0.4, 0.5) is 22.3 Å². The number of aromatic nitrogens is 1. The number of alkyl halides is 1. The molecule has 2 saturated heterocycles. The maximum absolute atomic E-state index is 12.9. The average molecular weight is 1060 g/mol. The van der Waals surface area contributed by atoms with Gasteiger partial charge in [-0.3, -0.25) is 19.4 Å². The topological polar surface area (TPSA) is 160 Å². The standard InChI is InChI=1S/C25H30N4O2S.C16H25N4OPS2.C10H11BrO/c1-3-17-7-5-8-18(15-17)22(30)23-24(26)28-25(32-23)27-19-10-12-20(13-11-19)31-21-9-6-14-29(4-2)16-21;1-2-20-9-3-4-14(10-20)21-13-7-5-12(6-8-13)18-16(23)19-15(17)24-11-22;1-2-8-4-3-5-9(6-8)10(12)7-11/h5,7-8,10-13,15,21H,3-4,6,9,14,16,26H2,1-2H3,(H,27,28);5-8,14H,2-4,9-11,22H2,1H3,(H3,17,18,19,23);3-6H,2,7H2,1H3. The Morgan fingerprint density at radius 3 is 1.88 bits per heavy atom. The highest BCUT2D eigenvalue weighted by Crippen LogP contribution is 2.31. The van der Waals surface area contributed by atoms with E-state index in [2.05, 4.69) is 83.3 Å². The van der Waals surface area contributed by atoms with Crippen LogP contribution in [0, 0.1) is 0 Å². The second-order valence-corrected chi connectivity index (χ2v) is 20.1. The first-order chi connectivity index (χ1) is 32.9. The summed E-state index contributed by atoms with van der Waals surface area (Å²) >= 11 is 11.0. The van der Waals surface area contributed by atoms with Crippen molar-refractivity contribution in [1.82, 2.24) is 14.8 Å². The number of ketones is 2. The third kappa shape index (κ3) is 17.8. The van der Waals surface area contributed by atoms with Crippen molar-refractivity contribution in [3.8, 4) is 11.5 Å². The zero-order chi connectivity index (χ0) is 48.8. The number of rotatable bonds is 16. The Labute approximate surface area is 427 Å². The Kier molecular flexibility index (Phi) is 23.2. The normalized spacial score (nSPS) is 16.3. The van der Waals surface area contributed by atoms with Crippen LogP contribution in [0.2, 0.25) is 0 Å². The van der Waals surface area contributed by atoms with Crippen LogP contribution in [0.1, 0.15) is 90.1 Å². The maximum Gasteiger partial charge on any atom is 0.206 e. The largest absolute Gasteiger partial charge is 0.489 e. The SMILES string of the molecule is CCN1CCCC(Oc2ccc(NC(=S)N=C(N)SCP)cc2)C1.CCc1cccc(C(=O)CBr)c1.CCc1cccc(C(=O)c2sc(Nc3ccc(OC4CCCN(CC)C4)cc3)nc2N)c1. The number of amidine groups is 1. The van der Waals surface area contributed by atoms with Crippen LogP contribution in [-0.2, 0) is 12.8 Å². The Morgan fingerprint density at radius 1 is 0.838 bits per heavy atom. The highest BCUT2D eigenvalue weighted by molar-refractivity contribution is 9.09. The molecule has 1 aromatic heterocycles. The molecule has 0 bridgehead atoms. The van der Waals surface area contributed by atoms with Gasteiger partial charge >= 0.3 is 0 Å². The third-order valence-corrected chi connectivity index (χ3v) is 14.1. The monoisotopic (exact) mass is 1060 g/mol. The van der Waals surface area contributed by atoms with Gasteiger partial charge in [0.15, 0.2) is 21.2 Å². The maximum atomic E-state index is 12.9. The molecular weight excluding hydrogens is 996 g/mol. The first-order valence-corrected chi connectivity index (χ1v) is 27.4. The summed E-state index contributed by atoms with van der Waals surface area (Å²) in [5.41, 5.74) is 18.1. The molecule has 0 saturated carbocycles. The van der Waals surface area contributed by atoms with Gasteiger partial charge in [0.25, 0.3) is 0 Å². The predicted octanol–water partition coefficient (Wildman–Crippen LogP) is 11.1. The minimum absolute atomic E-state index is 0.0966. The van der Waals surface area contributed by atoms with Crippen molar-refractivity contribution in [2.75, 3.05) is 66.5 Å². The number of thioether (sulfide) groups is 1. The Hall–Kier alpha value is -4.41. The van der Waals surface area contributed by atoms with E-state index in [1.54, 1.807) is 0 Å². The smallest absolute Gasteiger partial charge is 0.206 e. The first kappa shape index (κ1) is 54.5. The third-order valence-electron chi connectivity index (χ3n) is 11.3. The van der Waals surface area contributed by atoms with Crippen LogP contribution >= 0.6 is 60.5 Å². The lowest BCUT2D eigenvalue weighted by atomic mass is 10.1. The summed E-state index contributed by atoms with van der Waals surface area (Å²) in [4.78, 5) is 37.9. The van der Waals surface area contributed by atoms with Gasteiger partial charge in [-0.15, -0.1) is 9.24 Å². The van der Waals surface area contributed by atoms with Gasteiger partial charge in [-0.2, -0.15) is 4.99 Å². The molecule has 7 rings (SSSR count). The second kappa shape index (κ2) is 28.9. The molecule has 2 aliphatic rings. The van der Waals surface area contributed by atoms with E-state index in [9.17, 15) is 9.59 Å². The number of thiocarbonyl (C=S) groups is 1. The van der Waals surface area contributed by atoms with Crippen LogP contribution in [0.25, 0.3) is 0 Å². The van der Waals surface area contributed by atoms with Gasteiger partial charge in [-0.05, 0) is 149 Å². The molecular formula is C51H66BrN8O4PS3. The van der Waals surface area contributed by atoms with Gasteiger partial charge in [0.2, 0.25) is 5.78 Å². The van der Waals surface area contributed by atoms with Crippen molar-refractivity contribution in [3.05, 3.63) is 124 Å². The highest BCUT2D eigenvalue weighted by atomic mass is 79.9. The Balaban J connectivity index is 0.000000211. The Bertz CT molecular complexity index is 2410. The van der Waals surface area contributed by atoms with Crippen molar-refractivity contribution < 1.29 is 19.1 Å². The van der Waals surface area contributed by atoms with Crippen LogP contribution in [0.15, 0.2) is 102 Å². The van der Waals surface area contributed by atoms with E-state index in [1.165, 1.54) is 48.0 Å². The number of nitrogens with zero attached hydrogens (tertiary/aromatic N) is 4. The fourth-order valence-corrected chi connectivity index (χ4v) is 9.86. The molecule has 4 aromatic carbocycles. The van der Waals surface area contributed by atoms with Gasteiger partial charge in [0, 0.05) is 41.1 Å². The van der Waals surface area contributed by atoms with Crippen molar-refractivity contribution in [1.29, 1.82) is 0 Å². The number of ether oxygens (including phenoxy) is 2. The molecule has 5 aromatic rings. The van der Waals surface area contributed by atoms with Gasteiger partial charge in [-0.25, -0.2) is 4.98 Å². The van der Waals surface area contributed by atoms with E-state index in [0.29, 0.717) is 31.2 Å². The summed E-state index contributed by atoms with van der Waals surface area (Å²) in [6.45, 7) is 15.0. The van der Waals surface area contributed by atoms with Crippen LogP contribution in [0.3, 0.4) is 0 Å². The number of nitrogen functional groups attached to an aromatic ring is 1. The number of halogens is 1. The number of carbonyl (C=O) groups excluding carboxylic acids is 2. The number of anilines is 4. The van der Waals surface area contributed by atoms with E-state index in [4.69, 9.17) is 33.2 Å². The predicted molar refractivity (Wildman–Crippen MR) is 297 cm³/mol. The lowest BCUT2D eigenvalue weighted by Gasteiger charge is -2.32. The number of likely N-dealkylation sites (N-methyl/N-ethyl adjacent to an activating group) is 2. The molecule has 2 fully saturated rings. The van der Waals surface area contributed by atoms with E-state index in [1.807, 2.05) is 97.1 Å². The van der Waals surface area contributed by atoms with Crippen LogP contribution in [0.5, 0.6) is 11.5 Å². The number of aliphatic imine (C=N–C) groups is 1. The number of benzene rings is 4. The number of Topliss-reactive ketones (excluding diaryl/α,β-unsaturated/α-hetero) is 1. The number of hydrogen-bond acceptors (Lipinski definition) is 12. The molecule has 364 valence electrons. The molecule has 68 heavy (non-hydrogen) atoms. The summed E-state index contributed by atoms with van der Waals surface area (Å²) in [5.74, 6) is 2.05. The molecule has 6 N–H and O–H groups in total. The van der Waals surface area contributed by atoms with E-state index >= 15 is 0 Å². The molecule has 12 nitrogen and oxygen atoms in total. The zero-order valence-corrected chi connectivity index (χ0v) is 44.7. The van der Waals surface area contributed by atoms with Crippen LogP contribution < -0.4 is 31.6 Å². The molecule has 0 amide bonds. The summed E-state index contributed by atoms with van der Waals surface area (Å²) in [6, 6.07) is 31.1. The average Bonchev–Trinajstić information content (AvgIpc) is 3.74. The van der Waals surface area contributed by atoms with Crippen molar-refractivity contribution >= 4 is 105 Å². The van der Waals surface area contributed by atoms with Gasteiger partial charge in [0.05, 0.1) is 5.33 Å². The quantitative estimate of drug-likeness (QED) is 0.0185. The number of thiazole rings is 1. The van der Waals surface area contributed by atoms with E-state index in [0.717, 1.165) is 97.9 Å². The fraction of sp³-hybridized carbons (Fsp3) is 0.392. The number of hydrogen-bond donors (Lipinski definition) is 4. The lowest BCUT2D eigenvalue weighted by Crippen LogP contribution is -2.40. The minimum atomic E-state index is -0.0966. The zero-order valence-electron chi connectivity index (χ0n) is 39.5. The molecule has 17 heteroatoms. The fourth-order valence-electron chi connectivity index (χ4n) is 7.56. The van der Waals surface area contributed by atoms with E-state index in [-0.39, 0.29) is 29.6 Å². The number of nitrogens with two attached hydrogens (primary N) is 2. The van der Waals surface area contributed by atoms with E-state index < -0.39 is 0 Å². The number of piperidine rings is 2. The minimum Gasteiger partial charge on any atom is -0.489 e. The molecule has 0 radical (unpaired) electrons. The van der Waals surface area contributed by atoms with Crippen molar-refractivity contribution in [3.63, 3.8) is 0 Å². The number of nitrogens with one attached hydrogen (secondary N) is 2.